The van der Waals surface area contributed by atoms with E-state index in [0.29, 0.717) is 16.9 Å². The average molecular weight is 585 g/mol. The van der Waals surface area contributed by atoms with E-state index >= 15 is 0 Å². The first kappa shape index (κ1) is 26.2. The van der Waals surface area contributed by atoms with Gasteiger partial charge in [0.05, 0.1) is 24.9 Å². The zero-order chi connectivity index (χ0) is 24.7. The van der Waals surface area contributed by atoms with Crippen molar-refractivity contribution < 1.29 is 17.9 Å². The first-order valence-electron chi connectivity index (χ1n) is 9.85. The van der Waals surface area contributed by atoms with Gasteiger partial charge in [-0.25, -0.2) is 13.8 Å². The van der Waals surface area contributed by atoms with E-state index in [4.69, 9.17) is 27.9 Å². The maximum Gasteiger partial charge on any atom is 0.255 e. The molecule has 0 radical (unpaired) electrons. The number of carbonyl (C=O) groups excluding carboxylic acids is 1. The molecule has 0 saturated heterocycles. The molecule has 1 amide bonds. The lowest BCUT2D eigenvalue weighted by atomic mass is 10.2. The van der Waals surface area contributed by atoms with Gasteiger partial charge in [-0.05, 0) is 42.0 Å². The molecule has 3 aromatic rings. The van der Waals surface area contributed by atoms with Crippen LogP contribution in [0.15, 0.2) is 81.2 Å². The Kier molecular flexibility index (Phi) is 9.10. The van der Waals surface area contributed by atoms with Crippen LogP contribution in [0, 0.1) is 0 Å². The van der Waals surface area contributed by atoms with Crippen LogP contribution in [0.4, 0.5) is 0 Å². The third-order valence-electron chi connectivity index (χ3n) is 4.62. The van der Waals surface area contributed by atoms with Gasteiger partial charge in [0, 0.05) is 21.6 Å². The fourth-order valence-electron chi connectivity index (χ4n) is 3.00. The van der Waals surface area contributed by atoms with Gasteiger partial charge in [-0.2, -0.15) is 9.41 Å². The number of nitrogens with one attached hydrogen (secondary N) is 1. The Bertz CT molecular complexity index is 1300. The molecule has 178 valence electrons. The molecular formula is C23H20BrCl2N3O4S. The summed E-state index contributed by atoms with van der Waals surface area (Å²) in [6.07, 6.45) is 1.41. The Balaban J connectivity index is 1.83. The van der Waals surface area contributed by atoms with Crippen LogP contribution in [-0.4, -0.2) is 38.5 Å². The van der Waals surface area contributed by atoms with Gasteiger partial charge < -0.3 is 4.74 Å². The Morgan fingerprint density at radius 1 is 1.12 bits per heavy atom. The summed E-state index contributed by atoms with van der Waals surface area (Å²) in [5.41, 5.74) is 3.68. The minimum Gasteiger partial charge on any atom is -0.496 e. The Labute approximate surface area is 216 Å². The van der Waals surface area contributed by atoms with Crippen molar-refractivity contribution in [3.05, 3.63) is 92.4 Å². The number of ether oxygens (including phenoxy) is 1. The Hall–Kier alpha value is -2.43. The molecule has 0 saturated carbocycles. The predicted octanol–water partition coefficient (Wildman–Crippen LogP) is 5.11. The average Bonchev–Trinajstić information content (AvgIpc) is 2.81. The zero-order valence-corrected chi connectivity index (χ0v) is 21.8. The van der Waals surface area contributed by atoms with Crippen molar-refractivity contribution in [3.63, 3.8) is 0 Å². The number of nitrogens with zero attached hydrogens (tertiary/aromatic N) is 2. The molecule has 0 aliphatic carbocycles. The second kappa shape index (κ2) is 11.8. The lowest BCUT2D eigenvalue weighted by Crippen LogP contribution is -2.39. The molecule has 3 rings (SSSR count). The summed E-state index contributed by atoms with van der Waals surface area (Å²) in [5.74, 6) is -0.0760. The number of sulfonamides is 1. The molecule has 7 nitrogen and oxygen atoms in total. The summed E-state index contributed by atoms with van der Waals surface area (Å²) in [7, 11) is -2.64. The van der Waals surface area contributed by atoms with Crippen LogP contribution in [0.1, 0.15) is 11.1 Å². The third-order valence-corrected chi connectivity index (χ3v) is 7.62. The summed E-state index contributed by atoms with van der Waals surface area (Å²) in [5, 5.41) is 4.15. The highest BCUT2D eigenvalue weighted by Gasteiger charge is 2.29. The fraction of sp³-hybridized carbons (Fsp3) is 0.130. The van der Waals surface area contributed by atoms with Crippen molar-refractivity contribution in [2.45, 2.75) is 11.4 Å². The number of carbonyl (C=O) groups is 1. The SMILES string of the molecule is COc1ccc(Br)cc1/C=N\NC(=O)CN(Cc1ccccc1)S(=O)(=O)c1cc(Cl)ccc1Cl. The number of amides is 1. The zero-order valence-electron chi connectivity index (χ0n) is 17.9. The predicted molar refractivity (Wildman–Crippen MR) is 137 cm³/mol. The van der Waals surface area contributed by atoms with Gasteiger partial charge in [0.1, 0.15) is 10.6 Å². The van der Waals surface area contributed by atoms with Gasteiger partial charge in [0.15, 0.2) is 0 Å². The second-order valence-electron chi connectivity index (χ2n) is 7.01. The number of hydrogen-bond donors (Lipinski definition) is 1. The largest absolute Gasteiger partial charge is 0.496 e. The lowest BCUT2D eigenvalue weighted by molar-refractivity contribution is -0.121. The van der Waals surface area contributed by atoms with E-state index in [1.807, 2.05) is 12.1 Å². The summed E-state index contributed by atoms with van der Waals surface area (Å²) in [6, 6.07) is 18.4. The molecule has 0 spiro atoms. The Morgan fingerprint density at radius 3 is 2.56 bits per heavy atom. The van der Waals surface area contributed by atoms with E-state index in [0.717, 1.165) is 8.78 Å². The van der Waals surface area contributed by atoms with Gasteiger partial charge in [0.2, 0.25) is 10.0 Å². The van der Waals surface area contributed by atoms with Crippen LogP contribution in [0.5, 0.6) is 5.75 Å². The molecule has 0 bridgehead atoms. The van der Waals surface area contributed by atoms with E-state index in [-0.39, 0.29) is 21.5 Å². The number of hydrazone groups is 1. The topological polar surface area (TPSA) is 88.1 Å². The van der Waals surface area contributed by atoms with Gasteiger partial charge in [-0.1, -0.05) is 69.5 Å². The second-order valence-corrected chi connectivity index (χ2v) is 10.7. The van der Waals surface area contributed by atoms with Crippen molar-refractivity contribution in [2.75, 3.05) is 13.7 Å². The molecule has 0 aliphatic rings. The van der Waals surface area contributed by atoms with E-state index in [1.165, 1.54) is 31.5 Å². The lowest BCUT2D eigenvalue weighted by Gasteiger charge is -2.22. The molecule has 11 heteroatoms. The van der Waals surface area contributed by atoms with Gasteiger partial charge in [-0.15, -0.1) is 0 Å². The molecule has 0 aliphatic heterocycles. The molecule has 0 aromatic heterocycles. The van der Waals surface area contributed by atoms with Gasteiger partial charge >= 0.3 is 0 Å². The molecule has 0 unspecified atom stereocenters. The van der Waals surface area contributed by atoms with E-state index < -0.39 is 22.5 Å². The van der Waals surface area contributed by atoms with Crippen molar-refractivity contribution >= 4 is 61.3 Å². The van der Waals surface area contributed by atoms with Crippen molar-refractivity contribution in [3.8, 4) is 5.75 Å². The summed E-state index contributed by atoms with van der Waals surface area (Å²) < 4.78 is 33.9. The molecular weight excluding hydrogens is 565 g/mol. The smallest absolute Gasteiger partial charge is 0.255 e. The standard InChI is InChI=1S/C23H20BrCl2N3O4S/c1-33-21-10-7-18(24)11-17(21)13-27-28-23(30)15-29(14-16-5-3-2-4-6-16)34(31,32)22-12-19(25)8-9-20(22)26/h2-13H,14-15H2,1H3,(H,28,30)/b27-13-. The molecule has 0 atom stereocenters. The van der Waals surface area contributed by atoms with Crippen molar-refractivity contribution in [1.82, 2.24) is 9.73 Å². The molecule has 3 aromatic carbocycles. The van der Waals surface area contributed by atoms with Crippen molar-refractivity contribution in [1.29, 1.82) is 0 Å². The number of benzene rings is 3. The normalized spacial score (nSPS) is 11.7. The fourth-order valence-corrected chi connectivity index (χ4v) is 5.50. The van der Waals surface area contributed by atoms with Gasteiger partial charge in [-0.3, -0.25) is 4.79 Å². The maximum atomic E-state index is 13.4. The van der Waals surface area contributed by atoms with Crippen LogP contribution < -0.4 is 10.2 Å². The highest BCUT2D eigenvalue weighted by molar-refractivity contribution is 9.10. The first-order chi connectivity index (χ1) is 16.2. The number of methoxy groups -OCH3 is 1. The van der Waals surface area contributed by atoms with Crippen molar-refractivity contribution in [2.24, 2.45) is 5.10 Å². The summed E-state index contributed by atoms with van der Waals surface area (Å²) in [6.45, 7) is -0.546. The quantitative estimate of drug-likeness (QED) is 0.280. The summed E-state index contributed by atoms with van der Waals surface area (Å²) in [4.78, 5) is 12.5. The first-order valence-corrected chi connectivity index (χ1v) is 12.8. The minimum atomic E-state index is -4.16. The highest BCUT2D eigenvalue weighted by Crippen LogP contribution is 2.28. The monoisotopic (exact) mass is 583 g/mol. The molecule has 0 heterocycles. The maximum absolute atomic E-state index is 13.4. The van der Waals surface area contributed by atoms with E-state index in [1.54, 1.807) is 36.4 Å². The van der Waals surface area contributed by atoms with Crippen LogP contribution in [0.2, 0.25) is 10.0 Å². The number of hydrogen-bond acceptors (Lipinski definition) is 5. The van der Waals surface area contributed by atoms with Crippen LogP contribution in [0.3, 0.4) is 0 Å². The summed E-state index contributed by atoms with van der Waals surface area (Å²) >= 11 is 15.5. The minimum absolute atomic E-state index is 0.00244. The molecule has 34 heavy (non-hydrogen) atoms. The highest BCUT2D eigenvalue weighted by atomic mass is 79.9. The number of halogens is 3. The third kappa shape index (κ3) is 6.80. The number of rotatable bonds is 9. The molecule has 0 fully saturated rings. The van der Waals surface area contributed by atoms with E-state index in [9.17, 15) is 13.2 Å². The van der Waals surface area contributed by atoms with E-state index in [2.05, 4.69) is 26.5 Å². The van der Waals surface area contributed by atoms with Crippen LogP contribution >= 0.6 is 39.1 Å². The van der Waals surface area contributed by atoms with Gasteiger partial charge in [0.25, 0.3) is 5.91 Å². The van der Waals surface area contributed by atoms with Crippen LogP contribution in [-0.2, 0) is 21.4 Å². The van der Waals surface area contributed by atoms with Crippen LogP contribution in [0.25, 0.3) is 0 Å². The molecule has 1 N–H and O–H groups in total. The Morgan fingerprint density at radius 2 is 1.85 bits per heavy atom.